The molecule has 1 aliphatic carbocycles. The molecular weight excluding hydrogens is 298 g/mol. The standard InChI is InChI=1S/C16H19N3O4/c20-13(10-18-9-8-16(17-18)19(21)22)11-23-15-7-3-5-12-4-1-2-6-14(12)15/h1-2,4,6,8-9,13,15,20H,3,5,7,10-11H2/t13-,15-/m1/s1. The lowest BCUT2D eigenvalue weighted by molar-refractivity contribution is -0.389. The van der Waals surface area contributed by atoms with Crippen molar-refractivity contribution in [2.24, 2.45) is 0 Å². The zero-order valence-electron chi connectivity index (χ0n) is 12.7. The SMILES string of the molecule is O=[N+]([O-])c1ccn(C[C@@H](O)CO[C@@H]2CCCc3ccccc32)n1. The van der Waals surface area contributed by atoms with Crippen LogP contribution in [0.1, 0.15) is 30.1 Å². The lowest BCUT2D eigenvalue weighted by Gasteiger charge is -2.26. The van der Waals surface area contributed by atoms with Crippen molar-refractivity contribution in [2.45, 2.75) is 38.0 Å². The van der Waals surface area contributed by atoms with E-state index in [0.717, 1.165) is 19.3 Å². The molecular formula is C16H19N3O4. The van der Waals surface area contributed by atoms with Gasteiger partial charge in [-0.05, 0) is 35.3 Å². The Morgan fingerprint density at radius 3 is 3.04 bits per heavy atom. The minimum atomic E-state index is -0.761. The Labute approximate surface area is 133 Å². The van der Waals surface area contributed by atoms with E-state index >= 15 is 0 Å². The van der Waals surface area contributed by atoms with Crippen molar-refractivity contribution in [1.29, 1.82) is 0 Å². The second-order valence-corrected chi connectivity index (χ2v) is 5.72. The van der Waals surface area contributed by atoms with Gasteiger partial charge in [0.05, 0.1) is 42.7 Å². The summed E-state index contributed by atoms with van der Waals surface area (Å²) in [4.78, 5) is 10.0. The summed E-state index contributed by atoms with van der Waals surface area (Å²) >= 11 is 0. The Morgan fingerprint density at radius 1 is 1.43 bits per heavy atom. The zero-order chi connectivity index (χ0) is 16.2. The van der Waals surface area contributed by atoms with E-state index in [1.54, 1.807) is 0 Å². The second kappa shape index (κ2) is 6.89. The van der Waals surface area contributed by atoms with Gasteiger partial charge in [-0.3, -0.25) is 0 Å². The van der Waals surface area contributed by atoms with Crippen LogP contribution in [0, 0.1) is 10.1 Å². The van der Waals surface area contributed by atoms with Gasteiger partial charge in [-0.2, -0.15) is 4.68 Å². The summed E-state index contributed by atoms with van der Waals surface area (Å²) in [7, 11) is 0. The third kappa shape index (κ3) is 3.75. The van der Waals surface area contributed by atoms with Crippen LogP contribution in [0.25, 0.3) is 0 Å². The molecule has 0 amide bonds. The molecule has 1 aliphatic rings. The average molecular weight is 317 g/mol. The first-order chi connectivity index (χ1) is 11.1. The highest BCUT2D eigenvalue weighted by atomic mass is 16.6. The third-order valence-corrected chi connectivity index (χ3v) is 4.02. The van der Waals surface area contributed by atoms with Gasteiger partial charge in [-0.15, -0.1) is 0 Å². The number of hydrogen-bond acceptors (Lipinski definition) is 5. The van der Waals surface area contributed by atoms with Crippen molar-refractivity contribution in [2.75, 3.05) is 6.61 Å². The summed E-state index contributed by atoms with van der Waals surface area (Å²) in [5.74, 6) is -0.223. The Bertz CT molecular complexity index is 685. The number of aliphatic hydroxyl groups excluding tert-OH is 1. The number of ether oxygens (including phenoxy) is 1. The van der Waals surface area contributed by atoms with Gasteiger partial charge < -0.3 is 20.0 Å². The molecule has 1 aromatic heterocycles. The quantitative estimate of drug-likeness (QED) is 0.652. The number of rotatable bonds is 6. The molecule has 2 aromatic rings. The van der Waals surface area contributed by atoms with Crippen LogP contribution in [-0.2, 0) is 17.7 Å². The summed E-state index contributed by atoms with van der Waals surface area (Å²) in [5.41, 5.74) is 2.50. The molecule has 0 fully saturated rings. The predicted octanol–water partition coefficient (Wildman–Crippen LogP) is 2.25. The summed E-state index contributed by atoms with van der Waals surface area (Å²) < 4.78 is 7.23. The minimum absolute atomic E-state index is 0.00144. The molecule has 0 unspecified atom stereocenters. The first-order valence-corrected chi connectivity index (χ1v) is 7.69. The summed E-state index contributed by atoms with van der Waals surface area (Å²) in [6, 6.07) is 9.53. The van der Waals surface area contributed by atoms with E-state index in [1.165, 1.54) is 28.1 Å². The highest BCUT2D eigenvalue weighted by molar-refractivity contribution is 5.31. The molecule has 0 spiro atoms. The molecule has 23 heavy (non-hydrogen) atoms. The smallest absolute Gasteiger partial charge is 0.389 e. The molecule has 2 atom stereocenters. The van der Waals surface area contributed by atoms with Crippen LogP contribution in [0.3, 0.4) is 0 Å². The fourth-order valence-electron chi connectivity index (χ4n) is 2.93. The van der Waals surface area contributed by atoms with Crippen molar-refractivity contribution < 1.29 is 14.8 Å². The number of aromatic nitrogens is 2. The maximum Gasteiger partial charge on any atom is 0.389 e. The van der Waals surface area contributed by atoms with Gasteiger partial charge in [-0.1, -0.05) is 24.3 Å². The van der Waals surface area contributed by atoms with E-state index in [0.29, 0.717) is 0 Å². The van der Waals surface area contributed by atoms with E-state index in [4.69, 9.17) is 4.74 Å². The molecule has 7 nitrogen and oxygen atoms in total. The lowest BCUT2D eigenvalue weighted by Crippen LogP contribution is -2.24. The van der Waals surface area contributed by atoms with E-state index in [1.807, 2.05) is 12.1 Å². The molecule has 3 rings (SSSR count). The monoisotopic (exact) mass is 317 g/mol. The Kier molecular flexibility index (Phi) is 4.68. The molecule has 7 heteroatoms. The van der Waals surface area contributed by atoms with E-state index < -0.39 is 11.0 Å². The van der Waals surface area contributed by atoms with Gasteiger partial charge in [-0.25, -0.2) is 0 Å². The molecule has 1 N–H and O–H groups in total. The van der Waals surface area contributed by atoms with Crippen molar-refractivity contribution >= 4 is 5.82 Å². The Morgan fingerprint density at radius 2 is 2.26 bits per heavy atom. The molecule has 0 radical (unpaired) electrons. The molecule has 122 valence electrons. The number of fused-ring (bicyclic) bond motifs is 1. The average Bonchev–Trinajstić information content (AvgIpc) is 3.01. The van der Waals surface area contributed by atoms with Crippen LogP contribution in [0.4, 0.5) is 5.82 Å². The molecule has 0 saturated heterocycles. The van der Waals surface area contributed by atoms with Gasteiger partial charge in [0.15, 0.2) is 0 Å². The van der Waals surface area contributed by atoms with Gasteiger partial charge in [0.2, 0.25) is 0 Å². The van der Waals surface area contributed by atoms with Crippen LogP contribution in [-0.4, -0.2) is 32.5 Å². The highest BCUT2D eigenvalue weighted by Crippen LogP contribution is 2.32. The summed E-state index contributed by atoms with van der Waals surface area (Å²) in [6.45, 7) is 0.342. The lowest BCUT2D eigenvalue weighted by atomic mass is 9.89. The number of hydrogen-bond donors (Lipinski definition) is 1. The van der Waals surface area contributed by atoms with Gasteiger partial charge in [0, 0.05) is 0 Å². The van der Waals surface area contributed by atoms with Gasteiger partial charge in [0.25, 0.3) is 0 Å². The fourth-order valence-corrected chi connectivity index (χ4v) is 2.93. The minimum Gasteiger partial charge on any atom is -0.389 e. The van der Waals surface area contributed by atoms with Crippen LogP contribution in [0.5, 0.6) is 0 Å². The van der Waals surface area contributed by atoms with Gasteiger partial charge >= 0.3 is 5.82 Å². The number of aryl methyl sites for hydroxylation is 1. The molecule has 1 heterocycles. The Balaban J connectivity index is 1.55. The van der Waals surface area contributed by atoms with E-state index in [2.05, 4.69) is 17.2 Å². The molecule has 1 aromatic carbocycles. The predicted molar refractivity (Wildman–Crippen MR) is 83.0 cm³/mol. The number of benzene rings is 1. The summed E-state index contributed by atoms with van der Waals surface area (Å²) in [6.07, 6.45) is 3.80. The van der Waals surface area contributed by atoms with Crippen molar-refractivity contribution in [3.05, 3.63) is 57.8 Å². The number of nitrogens with zero attached hydrogens (tertiary/aromatic N) is 3. The van der Waals surface area contributed by atoms with Crippen LogP contribution in [0.15, 0.2) is 36.5 Å². The third-order valence-electron chi connectivity index (χ3n) is 4.02. The second-order valence-electron chi connectivity index (χ2n) is 5.72. The Hall–Kier alpha value is -2.25. The maximum absolute atomic E-state index is 10.6. The number of aliphatic hydroxyl groups is 1. The van der Waals surface area contributed by atoms with Crippen LogP contribution < -0.4 is 0 Å². The van der Waals surface area contributed by atoms with Crippen molar-refractivity contribution in [3.8, 4) is 0 Å². The van der Waals surface area contributed by atoms with Gasteiger partial charge in [0.1, 0.15) is 0 Å². The maximum atomic E-state index is 10.6. The fraction of sp³-hybridized carbons (Fsp3) is 0.438. The largest absolute Gasteiger partial charge is 0.389 e. The van der Waals surface area contributed by atoms with Crippen LogP contribution >= 0.6 is 0 Å². The van der Waals surface area contributed by atoms with Crippen LogP contribution in [0.2, 0.25) is 0 Å². The highest BCUT2D eigenvalue weighted by Gasteiger charge is 2.22. The van der Waals surface area contributed by atoms with E-state index in [-0.39, 0.29) is 25.1 Å². The normalized spacial score (nSPS) is 18.4. The number of nitro groups is 1. The molecule has 0 aliphatic heterocycles. The molecule has 0 bridgehead atoms. The summed E-state index contributed by atoms with van der Waals surface area (Å²) in [5, 5.41) is 24.4. The molecule has 0 saturated carbocycles. The van der Waals surface area contributed by atoms with E-state index in [9.17, 15) is 15.2 Å². The van der Waals surface area contributed by atoms with Crippen molar-refractivity contribution in [1.82, 2.24) is 9.78 Å². The van der Waals surface area contributed by atoms with Crippen molar-refractivity contribution in [3.63, 3.8) is 0 Å². The first kappa shape index (κ1) is 15.6. The first-order valence-electron chi connectivity index (χ1n) is 7.69. The zero-order valence-corrected chi connectivity index (χ0v) is 12.7. The topological polar surface area (TPSA) is 90.4 Å².